The molecule has 4 nitrogen and oxygen atoms in total. The van der Waals surface area contributed by atoms with Crippen molar-refractivity contribution in [3.05, 3.63) is 78.4 Å². The highest BCUT2D eigenvalue weighted by Gasteiger charge is 2.28. The number of rotatable bonds is 3. The Morgan fingerprint density at radius 2 is 1.59 bits per heavy atom. The van der Waals surface area contributed by atoms with Gasteiger partial charge in [-0.2, -0.15) is 0 Å². The molecule has 1 aliphatic rings. The number of anilines is 1. The Hall–Kier alpha value is -2.85. The van der Waals surface area contributed by atoms with Crippen LogP contribution in [0.25, 0.3) is 10.8 Å². The molecular weight excluding hydrogens is 336 g/mol. The van der Waals surface area contributed by atoms with E-state index in [1.54, 1.807) is 0 Å². The standard InChI is InChI=1S/C23H24N2O2/c26-22(18-8-2-1-3-9-18)19-13-15-25(16-14-19)23(27)24-21-12-6-10-17-7-4-5-11-20(17)21/h1-12,19,22,26H,13-16H2,(H,24,27)/t22-/m0/s1. The van der Waals surface area contributed by atoms with E-state index in [1.165, 1.54) is 0 Å². The molecule has 4 heteroatoms. The molecule has 2 amide bonds. The number of fused-ring (bicyclic) bond motifs is 1. The second-order valence-corrected chi connectivity index (χ2v) is 7.14. The Balaban J connectivity index is 1.39. The van der Waals surface area contributed by atoms with Crippen LogP contribution in [0.1, 0.15) is 24.5 Å². The fraction of sp³-hybridized carbons (Fsp3) is 0.261. The first-order valence-corrected chi connectivity index (χ1v) is 9.49. The highest BCUT2D eigenvalue weighted by atomic mass is 16.3. The number of carbonyl (C=O) groups excluding carboxylic acids is 1. The van der Waals surface area contributed by atoms with E-state index in [-0.39, 0.29) is 11.9 Å². The third-order valence-corrected chi connectivity index (χ3v) is 5.45. The van der Waals surface area contributed by atoms with E-state index in [4.69, 9.17) is 0 Å². The predicted molar refractivity (Wildman–Crippen MR) is 109 cm³/mol. The maximum absolute atomic E-state index is 12.7. The molecule has 0 radical (unpaired) electrons. The Kier molecular flexibility index (Phi) is 5.07. The van der Waals surface area contributed by atoms with Crippen LogP contribution < -0.4 is 5.32 Å². The van der Waals surface area contributed by atoms with Crippen LogP contribution in [0.2, 0.25) is 0 Å². The van der Waals surface area contributed by atoms with Crippen LogP contribution in [-0.2, 0) is 0 Å². The molecule has 3 aromatic rings. The molecular formula is C23H24N2O2. The number of nitrogens with one attached hydrogen (secondary N) is 1. The molecule has 0 bridgehead atoms. The van der Waals surface area contributed by atoms with Crippen molar-refractivity contribution in [2.75, 3.05) is 18.4 Å². The van der Waals surface area contributed by atoms with Crippen LogP contribution in [0.3, 0.4) is 0 Å². The molecule has 0 spiro atoms. The van der Waals surface area contributed by atoms with Gasteiger partial charge in [0.2, 0.25) is 0 Å². The normalized spacial score (nSPS) is 16.3. The van der Waals surface area contributed by atoms with Crippen LogP contribution in [0.5, 0.6) is 0 Å². The van der Waals surface area contributed by atoms with Gasteiger partial charge in [-0.15, -0.1) is 0 Å². The van der Waals surface area contributed by atoms with E-state index < -0.39 is 6.10 Å². The molecule has 0 unspecified atom stereocenters. The molecule has 0 aliphatic carbocycles. The first-order chi connectivity index (χ1) is 13.2. The van der Waals surface area contributed by atoms with Crippen molar-refractivity contribution in [1.29, 1.82) is 0 Å². The molecule has 1 fully saturated rings. The van der Waals surface area contributed by atoms with Crippen LogP contribution in [0.15, 0.2) is 72.8 Å². The van der Waals surface area contributed by atoms with E-state index in [0.717, 1.165) is 34.9 Å². The van der Waals surface area contributed by atoms with Crippen LogP contribution in [-0.4, -0.2) is 29.1 Å². The van der Waals surface area contributed by atoms with Crippen molar-refractivity contribution in [2.24, 2.45) is 5.92 Å². The van der Waals surface area contributed by atoms with E-state index in [0.29, 0.717) is 13.1 Å². The number of benzene rings is 3. The van der Waals surface area contributed by atoms with Crippen molar-refractivity contribution in [3.63, 3.8) is 0 Å². The number of aliphatic hydroxyl groups is 1. The zero-order chi connectivity index (χ0) is 18.6. The summed E-state index contributed by atoms with van der Waals surface area (Å²) in [5.74, 6) is 0.189. The summed E-state index contributed by atoms with van der Waals surface area (Å²) in [4.78, 5) is 14.6. The summed E-state index contributed by atoms with van der Waals surface area (Å²) in [5, 5.41) is 15.8. The van der Waals surface area contributed by atoms with Gasteiger partial charge in [0, 0.05) is 18.5 Å². The fourth-order valence-corrected chi connectivity index (χ4v) is 3.87. The molecule has 4 rings (SSSR count). The Morgan fingerprint density at radius 3 is 2.37 bits per heavy atom. The Morgan fingerprint density at radius 1 is 0.926 bits per heavy atom. The summed E-state index contributed by atoms with van der Waals surface area (Å²) in [6.45, 7) is 1.32. The monoisotopic (exact) mass is 360 g/mol. The SMILES string of the molecule is O=C(Nc1cccc2ccccc12)N1CCC([C@@H](O)c2ccccc2)CC1. The summed E-state index contributed by atoms with van der Waals surface area (Å²) < 4.78 is 0. The van der Waals surface area contributed by atoms with Crippen LogP contribution in [0.4, 0.5) is 10.5 Å². The molecule has 3 aromatic carbocycles. The lowest BCUT2D eigenvalue weighted by molar-refractivity contribution is 0.0683. The first kappa shape index (κ1) is 17.6. The number of amides is 2. The number of nitrogens with zero attached hydrogens (tertiary/aromatic N) is 1. The highest BCUT2D eigenvalue weighted by Crippen LogP contribution is 2.31. The van der Waals surface area contributed by atoms with Gasteiger partial charge < -0.3 is 15.3 Å². The maximum atomic E-state index is 12.7. The smallest absolute Gasteiger partial charge is 0.321 e. The lowest BCUT2D eigenvalue weighted by Crippen LogP contribution is -2.42. The van der Waals surface area contributed by atoms with Gasteiger partial charge in [0.05, 0.1) is 11.8 Å². The molecule has 0 saturated carbocycles. The average Bonchev–Trinajstić information content (AvgIpc) is 2.74. The Bertz CT molecular complexity index is 913. The summed E-state index contributed by atoms with van der Waals surface area (Å²) >= 11 is 0. The zero-order valence-corrected chi connectivity index (χ0v) is 15.2. The summed E-state index contributed by atoms with van der Waals surface area (Å²) in [6, 6.07) is 23.7. The van der Waals surface area contributed by atoms with Gasteiger partial charge in [0.15, 0.2) is 0 Å². The van der Waals surface area contributed by atoms with Gasteiger partial charge in [-0.05, 0) is 35.8 Å². The highest BCUT2D eigenvalue weighted by molar-refractivity contribution is 6.01. The van der Waals surface area contributed by atoms with E-state index in [2.05, 4.69) is 5.32 Å². The lowest BCUT2D eigenvalue weighted by Gasteiger charge is -2.34. The van der Waals surface area contributed by atoms with Gasteiger partial charge in [0.25, 0.3) is 0 Å². The third-order valence-electron chi connectivity index (χ3n) is 5.45. The molecule has 1 aliphatic heterocycles. The molecule has 138 valence electrons. The second kappa shape index (κ2) is 7.80. The number of likely N-dealkylation sites (tertiary alicyclic amines) is 1. The van der Waals surface area contributed by atoms with Gasteiger partial charge in [-0.3, -0.25) is 0 Å². The van der Waals surface area contributed by atoms with Gasteiger partial charge >= 0.3 is 6.03 Å². The zero-order valence-electron chi connectivity index (χ0n) is 15.2. The molecule has 0 aromatic heterocycles. The van der Waals surface area contributed by atoms with Crippen molar-refractivity contribution in [2.45, 2.75) is 18.9 Å². The largest absolute Gasteiger partial charge is 0.388 e. The minimum absolute atomic E-state index is 0.0704. The predicted octanol–water partition coefficient (Wildman–Crippen LogP) is 4.82. The van der Waals surface area contributed by atoms with Gasteiger partial charge in [0.1, 0.15) is 0 Å². The second-order valence-electron chi connectivity index (χ2n) is 7.14. The summed E-state index contributed by atoms with van der Waals surface area (Å²) in [5.41, 5.74) is 1.79. The van der Waals surface area contributed by atoms with E-state index >= 15 is 0 Å². The number of carbonyl (C=O) groups is 1. The van der Waals surface area contributed by atoms with E-state index in [1.807, 2.05) is 77.7 Å². The maximum Gasteiger partial charge on any atom is 0.321 e. The van der Waals surface area contributed by atoms with Gasteiger partial charge in [-0.1, -0.05) is 66.7 Å². The van der Waals surface area contributed by atoms with Gasteiger partial charge in [-0.25, -0.2) is 4.79 Å². The van der Waals surface area contributed by atoms with Crippen molar-refractivity contribution < 1.29 is 9.90 Å². The average molecular weight is 360 g/mol. The van der Waals surface area contributed by atoms with Crippen molar-refractivity contribution in [1.82, 2.24) is 4.90 Å². The van der Waals surface area contributed by atoms with Crippen LogP contribution >= 0.6 is 0 Å². The number of hydrogen-bond acceptors (Lipinski definition) is 2. The number of aliphatic hydroxyl groups excluding tert-OH is 1. The lowest BCUT2D eigenvalue weighted by atomic mass is 9.87. The number of piperidine rings is 1. The van der Waals surface area contributed by atoms with E-state index in [9.17, 15) is 9.90 Å². The molecule has 1 atom stereocenters. The van der Waals surface area contributed by atoms with Crippen molar-refractivity contribution in [3.8, 4) is 0 Å². The summed E-state index contributed by atoms with van der Waals surface area (Å²) in [6.07, 6.45) is 1.15. The Labute approximate surface area is 159 Å². The molecule has 1 heterocycles. The third kappa shape index (κ3) is 3.81. The fourth-order valence-electron chi connectivity index (χ4n) is 3.87. The number of urea groups is 1. The quantitative estimate of drug-likeness (QED) is 0.704. The molecule has 2 N–H and O–H groups in total. The summed E-state index contributed by atoms with van der Waals surface area (Å²) in [7, 11) is 0. The topological polar surface area (TPSA) is 52.6 Å². The van der Waals surface area contributed by atoms with Crippen molar-refractivity contribution >= 4 is 22.5 Å². The minimum atomic E-state index is -0.463. The first-order valence-electron chi connectivity index (χ1n) is 9.49. The minimum Gasteiger partial charge on any atom is -0.388 e. The van der Waals surface area contributed by atoms with Crippen LogP contribution in [0, 0.1) is 5.92 Å². The molecule has 1 saturated heterocycles. The number of hydrogen-bond donors (Lipinski definition) is 2. The molecule has 27 heavy (non-hydrogen) atoms.